The van der Waals surface area contributed by atoms with Crippen molar-refractivity contribution in [2.75, 3.05) is 13.7 Å². The highest BCUT2D eigenvalue weighted by atomic mass is 79.9. The minimum Gasteiger partial charge on any atom is -0.492 e. The molecule has 1 N–H and O–H groups in total. The van der Waals surface area contributed by atoms with Crippen molar-refractivity contribution in [3.05, 3.63) is 28.2 Å². The van der Waals surface area contributed by atoms with Crippen molar-refractivity contribution in [2.24, 2.45) is 0 Å². The number of carbonyl (C=O) groups excluding carboxylic acids is 1. The fourth-order valence-corrected chi connectivity index (χ4v) is 1.61. The molecule has 1 amide bonds. The molecular formula is C11H14BrNO2. The van der Waals surface area contributed by atoms with E-state index in [1.54, 1.807) is 25.2 Å². The van der Waals surface area contributed by atoms with Crippen molar-refractivity contribution >= 4 is 21.8 Å². The van der Waals surface area contributed by atoms with Crippen LogP contribution >= 0.6 is 15.9 Å². The Morgan fingerprint density at radius 2 is 2.27 bits per heavy atom. The predicted molar refractivity (Wildman–Crippen MR) is 63.3 cm³/mol. The van der Waals surface area contributed by atoms with Gasteiger partial charge in [0, 0.05) is 12.6 Å². The second-order valence-electron chi connectivity index (χ2n) is 3.07. The first-order chi connectivity index (χ1) is 7.19. The predicted octanol–water partition coefficient (Wildman–Crippen LogP) is 2.60. The van der Waals surface area contributed by atoms with Gasteiger partial charge in [-0.05, 0) is 40.5 Å². The van der Waals surface area contributed by atoms with Crippen molar-refractivity contribution < 1.29 is 9.53 Å². The Labute approximate surface area is 97.9 Å². The average Bonchev–Trinajstić information content (AvgIpc) is 2.26. The van der Waals surface area contributed by atoms with E-state index >= 15 is 0 Å². The van der Waals surface area contributed by atoms with Gasteiger partial charge in [-0.2, -0.15) is 0 Å². The van der Waals surface area contributed by atoms with Crippen LogP contribution in [0.4, 0.5) is 0 Å². The van der Waals surface area contributed by atoms with Crippen LogP contribution in [0.25, 0.3) is 0 Å². The number of halogens is 1. The number of carbonyl (C=O) groups is 1. The normalized spacial score (nSPS) is 9.80. The van der Waals surface area contributed by atoms with Gasteiger partial charge in [-0.25, -0.2) is 0 Å². The third-order valence-corrected chi connectivity index (χ3v) is 2.50. The molecule has 82 valence electrons. The van der Waals surface area contributed by atoms with Crippen molar-refractivity contribution in [1.29, 1.82) is 0 Å². The Kier molecular flexibility index (Phi) is 4.62. The largest absolute Gasteiger partial charge is 0.492 e. The van der Waals surface area contributed by atoms with E-state index in [4.69, 9.17) is 4.74 Å². The van der Waals surface area contributed by atoms with Crippen LogP contribution in [0, 0.1) is 0 Å². The molecule has 1 rings (SSSR count). The summed E-state index contributed by atoms with van der Waals surface area (Å²) in [5.74, 6) is 0.669. The van der Waals surface area contributed by atoms with Crippen LogP contribution in [0.5, 0.6) is 5.75 Å². The third kappa shape index (κ3) is 3.23. The molecule has 0 saturated carbocycles. The van der Waals surface area contributed by atoms with Gasteiger partial charge in [0.05, 0.1) is 11.1 Å². The molecule has 0 radical (unpaired) electrons. The number of ether oxygens (including phenoxy) is 1. The lowest BCUT2D eigenvalue weighted by molar-refractivity contribution is 0.0963. The van der Waals surface area contributed by atoms with E-state index in [-0.39, 0.29) is 5.91 Å². The number of rotatable bonds is 4. The van der Waals surface area contributed by atoms with Crippen LogP contribution in [-0.2, 0) is 0 Å². The summed E-state index contributed by atoms with van der Waals surface area (Å²) < 4.78 is 6.28. The molecule has 0 atom stereocenters. The zero-order chi connectivity index (χ0) is 11.3. The molecule has 3 nitrogen and oxygen atoms in total. The molecule has 4 heteroatoms. The standard InChI is InChI=1S/C11H14BrNO2/c1-3-6-15-10-5-4-8(7-9(10)12)11(14)13-2/h4-5,7H,3,6H2,1-2H3,(H,13,14). The summed E-state index contributed by atoms with van der Waals surface area (Å²) in [6.07, 6.45) is 0.962. The number of amides is 1. The minimum atomic E-state index is -0.0993. The molecule has 0 aliphatic rings. The van der Waals surface area contributed by atoms with E-state index in [0.717, 1.165) is 16.6 Å². The molecule has 15 heavy (non-hydrogen) atoms. The van der Waals surface area contributed by atoms with Gasteiger partial charge in [0.15, 0.2) is 0 Å². The first kappa shape index (κ1) is 12.0. The molecule has 0 aromatic heterocycles. The Hall–Kier alpha value is -1.03. The maximum Gasteiger partial charge on any atom is 0.251 e. The van der Waals surface area contributed by atoms with Crippen LogP contribution in [0.3, 0.4) is 0 Å². The summed E-state index contributed by atoms with van der Waals surface area (Å²) >= 11 is 3.37. The van der Waals surface area contributed by atoms with Crippen molar-refractivity contribution in [1.82, 2.24) is 5.32 Å². The fourth-order valence-electron chi connectivity index (χ4n) is 1.12. The summed E-state index contributed by atoms with van der Waals surface area (Å²) in [7, 11) is 1.61. The van der Waals surface area contributed by atoms with E-state index in [1.807, 2.05) is 6.92 Å². The van der Waals surface area contributed by atoms with Gasteiger partial charge in [0.25, 0.3) is 5.91 Å². The monoisotopic (exact) mass is 271 g/mol. The highest BCUT2D eigenvalue weighted by Gasteiger charge is 2.07. The van der Waals surface area contributed by atoms with Gasteiger partial charge < -0.3 is 10.1 Å². The average molecular weight is 272 g/mol. The van der Waals surface area contributed by atoms with E-state index in [1.165, 1.54) is 0 Å². The summed E-state index contributed by atoms with van der Waals surface area (Å²) in [6.45, 7) is 2.73. The second kappa shape index (κ2) is 5.75. The molecule has 0 fully saturated rings. The Bertz CT molecular complexity index is 352. The highest BCUT2D eigenvalue weighted by Crippen LogP contribution is 2.26. The maximum absolute atomic E-state index is 11.3. The summed E-state index contributed by atoms with van der Waals surface area (Å²) in [5, 5.41) is 2.57. The lowest BCUT2D eigenvalue weighted by Gasteiger charge is -2.08. The molecule has 1 aromatic rings. The van der Waals surface area contributed by atoms with Crippen molar-refractivity contribution in [3.63, 3.8) is 0 Å². The summed E-state index contributed by atoms with van der Waals surface area (Å²) in [5.41, 5.74) is 0.619. The van der Waals surface area contributed by atoms with E-state index in [9.17, 15) is 4.79 Å². The van der Waals surface area contributed by atoms with E-state index in [0.29, 0.717) is 12.2 Å². The minimum absolute atomic E-state index is 0.0993. The lowest BCUT2D eigenvalue weighted by Crippen LogP contribution is -2.17. The van der Waals surface area contributed by atoms with Gasteiger partial charge in [0.1, 0.15) is 5.75 Å². The molecule has 0 aliphatic heterocycles. The number of hydrogen-bond donors (Lipinski definition) is 1. The lowest BCUT2D eigenvalue weighted by atomic mass is 10.2. The molecule has 0 unspecified atom stereocenters. The smallest absolute Gasteiger partial charge is 0.251 e. The SMILES string of the molecule is CCCOc1ccc(C(=O)NC)cc1Br. The Morgan fingerprint density at radius 3 is 2.80 bits per heavy atom. The van der Waals surface area contributed by atoms with E-state index in [2.05, 4.69) is 21.2 Å². The first-order valence-corrected chi connectivity index (χ1v) is 5.62. The van der Waals surface area contributed by atoms with Crippen LogP contribution in [0.1, 0.15) is 23.7 Å². The quantitative estimate of drug-likeness (QED) is 0.914. The molecular weight excluding hydrogens is 258 g/mol. The third-order valence-electron chi connectivity index (χ3n) is 1.88. The van der Waals surface area contributed by atoms with Crippen molar-refractivity contribution in [3.8, 4) is 5.75 Å². The van der Waals surface area contributed by atoms with E-state index < -0.39 is 0 Å². The van der Waals surface area contributed by atoms with Gasteiger partial charge >= 0.3 is 0 Å². The van der Waals surface area contributed by atoms with Crippen molar-refractivity contribution in [2.45, 2.75) is 13.3 Å². The highest BCUT2D eigenvalue weighted by molar-refractivity contribution is 9.10. The molecule has 1 aromatic carbocycles. The van der Waals surface area contributed by atoms with Gasteiger partial charge in [-0.15, -0.1) is 0 Å². The van der Waals surface area contributed by atoms with Crippen LogP contribution < -0.4 is 10.1 Å². The molecule has 0 bridgehead atoms. The van der Waals surface area contributed by atoms with Crippen LogP contribution in [-0.4, -0.2) is 19.6 Å². The maximum atomic E-state index is 11.3. The molecule has 0 saturated heterocycles. The van der Waals surface area contributed by atoms with Gasteiger partial charge in [0.2, 0.25) is 0 Å². The zero-order valence-corrected chi connectivity index (χ0v) is 10.4. The Morgan fingerprint density at radius 1 is 1.53 bits per heavy atom. The number of hydrogen-bond acceptors (Lipinski definition) is 2. The first-order valence-electron chi connectivity index (χ1n) is 4.83. The fraction of sp³-hybridized carbons (Fsp3) is 0.364. The molecule has 0 aliphatic carbocycles. The topological polar surface area (TPSA) is 38.3 Å². The molecule has 0 heterocycles. The molecule has 0 spiro atoms. The number of nitrogens with one attached hydrogen (secondary N) is 1. The summed E-state index contributed by atoms with van der Waals surface area (Å²) in [6, 6.07) is 5.29. The van der Waals surface area contributed by atoms with Crippen LogP contribution in [0.2, 0.25) is 0 Å². The van der Waals surface area contributed by atoms with Gasteiger partial charge in [-0.1, -0.05) is 6.92 Å². The number of benzene rings is 1. The second-order valence-corrected chi connectivity index (χ2v) is 3.93. The summed E-state index contributed by atoms with van der Waals surface area (Å²) in [4.78, 5) is 11.3. The zero-order valence-electron chi connectivity index (χ0n) is 8.84. The van der Waals surface area contributed by atoms with Gasteiger partial charge in [-0.3, -0.25) is 4.79 Å². The Balaban J connectivity index is 2.83. The van der Waals surface area contributed by atoms with Crippen LogP contribution in [0.15, 0.2) is 22.7 Å².